The van der Waals surface area contributed by atoms with E-state index >= 15 is 0 Å². The van der Waals surface area contributed by atoms with Crippen molar-refractivity contribution in [1.82, 2.24) is 0 Å². The molecule has 0 saturated carbocycles. The van der Waals surface area contributed by atoms with Crippen LogP contribution in [0, 0.1) is 0 Å². The largest absolute Gasteiger partial charge is 0.496 e. The predicted octanol–water partition coefficient (Wildman–Crippen LogP) is 3.13. The zero-order valence-electron chi connectivity index (χ0n) is 8.97. The summed E-state index contributed by atoms with van der Waals surface area (Å²) in [5.41, 5.74) is 0. The Kier molecular flexibility index (Phi) is 9.22. The normalized spacial score (nSPS) is 10.0. The molecule has 78 valence electrons. The molecule has 0 heterocycles. The zero-order valence-corrected chi connectivity index (χ0v) is 8.97. The first kappa shape index (κ1) is 12.5. The number of hydrogen-bond acceptors (Lipinski definition) is 2. The van der Waals surface area contributed by atoms with Gasteiger partial charge >= 0.3 is 0 Å². The molecule has 0 aliphatic carbocycles. The molecule has 0 spiro atoms. The molecule has 0 aliphatic heterocycles. The summed E-state index contributed by atoms with van der Waals surface area (Å²) in [4.78, 5) is 0. The van der Waals surface area contributed by atoms with Gasteiger partial charge in [0.25, 0.3) is 0 Å². The van der Waals surface area contributed by atoms with E-state index in [2.05, 4.69) is 20.4 Å². The molecule has 0 aliphatic rings. The van der Waals surface area contributed by atoms with E-state index in [-0.39, 0.29) is 0 Å². The molecule has 13 heavy (non-hydrogen) atoms. The zero-order chi connectivity index (χ0) is 9.94. The standard InChI is InChI=1S/C11H22O2/c1-4-6-8-12-10-11(3)13-9-7-5-2/h3-10H2,1-2H3. The van der Waals surface area contributed by atoms with Gasteiger partial charge in [-0.15, -0.1) is 0 Å². The molecular formula is C11H22O2. The highest BCUT2D eigenvalue weighted by atomic mass is 16.5. The molecule has 2 heteroatoms. The van der Waals surface area contributed by atoms with Crippen LogP contribution in [0.2, 0.25) is 0 Å². The van der Waals surface area contributed by atoms with Gasteiger partial charge in [0.2, 0.25) is 0 Å². The molecule has 0 unspecified atom stereocenters. The fourth-order valence-electron chi connectivity index (χ4n) is 0.835. The highest BCUT2D eigenvalue weighted by Crippen LogP contribution is 1.98. The Labute approximate surface area is 81.9 Å². The van der Waals surface area contributed by atoms with E-state index in [0.29, 0.717) is 6.61 Å². The summed E-state index contributed by atoms with van der Waals surface area (Å²) in [5, 5.41) is 0. The maximum atomic E-state index is 5.34. The van der Waals surface area contributed by atoms with Gasteiger partial charge in [0, 0.05) is 6.61 Å². The third kappa shape index (κ3) is 9.41. The van der Waals surface area contributed by atoms with Gasteiger partial charge in [0.15, 0.2) is 0 Å². The van der Waals surface area contributed by atoms with E-state index in [1.165, 1.54) is 6.42 Å². The lowest BCUT2D eigenvalue weighted by molar-refractivity contribution is 0.0957. The molecular weight excluding hydrogens is 164 g/mol. The van der Waals surface area contributed by atoms with Crippen LogP contribution < -0.4 is 0 Å². The first-order chi connectivity index (χ1) is 6.31. The lowest BCUT2D eigenvalue weighted by Crippen LogP contribution is -2.03. The molecule has 0 atom stereocenters. The van der Waals surface area contributed by atoms with Crippen LogP contribution in [0.1, 0.15) is 39.5 Å². The molecule has 0 saturated heterocycles. The lowest BCUT2D eigenvalue weighted by atomic mass is 10.3. The maximum Gasteiger partial charge on any atom is 0.114 e. The Morgan fingerprint density at radius 2 is 1.69 bits per heavy atom. The molecule has 0 aromatic rings. The molecule has 0 amide bonds. The summed E-state index contributed by atoms with van der Waals surface area (Å²) in [6, 6.07) is 0. The molecule has 0 N–H and O–H groups in total. The lowest BCUT2D eigenvalue weighted by Gasteiger charge is -2.08. The van der Waals surface area contributed by atoms with Crippen LogP contribution in [0.15, 0.2) is 12.3 Å². The van der Waals surface area contributed by atoms with Crippen LogP contribution >= 0.6 is 0 Å². The number of hydrogen-bond donors (Lipinski definition) is 0. The van der Waals surface area contributed by atoms with Crippen LogP contribution in [0.25, 0.3) is 0 Å². The van der Waals surface area contributed by atoms with Crippen molar-refractivity contribution in [3.63, 3.8) is 0 Å². The van der Waals surface area contributed by atoms with Gasteiger partial charge in [-0.2, -0.15) is 0 Å². The van der Waals surface area contributed by atoms with Crippen molar-refractivity contribution < 1.29 is 9.47 Å². The van der Waals surface area contributed by atoms with Crippen molar-refractivity contribution in [2.75, 3.05) is 19.8 Å². The first-order valence-electron chi connectivity index (χ1n) is 5.19. The quantitative estimate of drug-likeness (QED) is 0.407. The highest BCUT2D eigenvalue weighted by molar-refractivity contribution is 4.81. The van der Waals surface area contributed by atoms with Crippen molar-refractivity contribution >= 4 is 0 Å². The summed E-state index contributed by atoms with van der Waals surface area (Å²) in [5.74, 6) is 0.754. The van der Waals surface area contributed by atoms with Gasteiger partial charge < -0.3 is 9.47 Å². The maximum absolute atomic E-state index is 5.34. The number of unbranched alkanes of at least 4 members (excludes halogenated alkanes) is 2. The summed E-state index contributed by atoms with van der Waals surface area (Å²) in [7, 11) is 0. The number of rotatable bonds is 9. The Morgan fingerprint density at radius 1 is 1.08 bits per heavy atom. The molecule has 0 aromatic carbocycles. The van der Waals surface area contributed by atoms with E-state index in [4.69, 9.17) is 9.47 Å². The first-order valence-corrected chi connectivity index (χ1v) is 5.19. The summed E-state index contributed by atoms with van der Waals surface area (Å²) >= 11 is 0. The Morgan fingerprint density at radius 3 is 2.31 bits per heavy atom. The average Bonchev–Trinajstić information content (AvgIpc) is 2.13. The van der Waals surface area contributed by atoms with Gasteiger partial charge in [-0.05, 0) is 12.8 Å². The second-order valence-corrected chi connectivity index (χ2v) is 3.15. The van der Waals surface area contributed by atoms with Gasteiger partial charge in [-0.25, -0.2) is 0 Å². The van der Waals surface area contributed by atoms with Gasteiger partial charge in [0.1, 0.15) is 12.4 Å². The van der Waals surface area contributed by atoms with E-state index in [0.717, 1.165) is 38.2 Å². The fourth-order valence-corrected chi connectivity index (χ4v) is 0.835. The smallest absolute Gasteiger partial charge is 0.114 e. The molecule has 0 bridgehead atoms. The Bertz CT molecular complexity index is 121. The van der Waals surface area contributed by atoms with Crippen LogP contribution in [0.3, 0.4) is 0 Å². The molecule has 0 aromatic heterocycles. The average molecular weight is 186 g/mol. The minimum atomic E-state index is 0.545. The molecule has 2 nitrogen and oxygen atoms in total. The van der Waals surface area contributed by atoms with Crippen LogP contribution in [-0.4, -0.2) is 19.8 Å². The van der Waals surface area contributed by atoms with Gasteiger partial charge in [-0.1, -0.05) is 33.3 Å². The monoisotopic (exact) mass is 186 g/mol. The van der Waals surface area contributed by atoms with E-state index in [9.17, 15) is 0 Å². The second kappa shape index (κ2) is 9.59. The molecule has 0 radical (unpaired) electrons. The number of ether oxygens (including phenoxy) is 2. The van der Waals surface area contributed by atoms with E-state index < -0.39 is 0 Å². The second-order valence-electron chi connectivity index (χ2n) is 3.15. The SMILES string of the molecule is C=C(COCCCC)OCCCC. The summed E-state index contributed by atoms with van der Waals surface area (Å²) in [6.45, 7) is 10.2. The summed E-state index contributed by atoms with van der Waals surface area (Å²) in [6.07, 6.45) is 4.53. The molecule has 0 rings (SSSR count). The van der Waals surface area contributed by atoms with Gasteiger partial charge in [0.05, 0.1) is 6.61 Å². The third-order valence-electron chi connectivity index (χ3n) is 1.71. The fraction of sp³-hybridized carbons (Fsp3) is 0.818. The van der Waals surface area contributed by atoms with E-state index in [1.54, 1.807) is 0 Å². The van der Waals surface area contributed by atoms with Crippen molar-refractivity contribution in [3.8, 4) is 0 Å². The van der Waals surface area contributed by atoms with Gasteiger partial charge in [-0.3, -0.25) is 0 Å². The summed E-state index contributed by atoms with van der Waals surface area (Å²) < 4.78 is 10.7. The Balaban J connectivity index is 3.11. The topological polar surface area (TPSA) is 18.5 Å². The van der Waals surface area contributed by atoms with Crippen LogP contribution in [0.5, 0.6) is 0 Å². The minimum absolute atomic E-state index is 0.545. The van der Waals surface area contributed by atoms with Crippen LogP contribution in [0.4, 0.5) is 0 Å². The highest BCUT2D eigenvalue weighted by Gasteiger charge is 1.94. The molecule has 0 fully saturated rings. The van der Waals surface area contributed by atoms with Crippen molar-refractivity contribution in [1.29, 1.82) is 0 Å². The predicted molar refractivity (Wildman–Crippen MR) is 55.7 cm³/mol. The third-order valence-corrected chi connectivity index (χ3v) is 1.71. The van der Waals surface area contributed by atoms with Crippen molar-refractivity contribution in [3.05, 3.63) is 12.3 Å². The van der Waals surface area contributed by atoms with Crippen molar-refractivity contribution in [2.45, 2.75) is 39.5 Å². The minimum Gasteiger partial charge on any atom is -0.496 e. The van der Waals surface area contributed by atoms with Crippen LogP contribution in [-0.2, 0) is 9.47 Å². The van der Waals surface area contributed by atoms with Crippen molar-refractivity contribution in [2.24, 2.45) is 0 Å². The van der Waals surface area contributed by atoms with E-state index in [1.807, 2.05) is 0 Å². The Hall–Kier alpha value is -0.500.